The first-order valence-electron chi connectivity index (χ1n) is 7.59. The van der Waals surface area contributed by atoms with Gasteiger partial charge in [-0.3, -0.25) is 9.59 Å². The number of rotatable bonds is 3. The molecule has 0 aromatic carbocycles. The highest BCUT2D eigenvalue weighted by molar-refractivity contribution is 5.94. The predicted molar refractivity (Wildman–Crippen MR) is 80.8 cm³/mol. The molecule has 3 aliphatic rings. The van der Waals surface area contributed by atoms with Crippen LogP contribution in [-0.4, -0.2) is 24.3 Å². The Balaban J connectivity index is 1.97. The number of hydrogen-bond donors (Lipinski definition) is 0. The molecule has 110 valence electrons. The second-order valence-corrected chi connectivity index (χ2v) is 5.95. The van der Waals surface area contributed by atoms with Crippen LogP contribution in [0.15, 0.2) is 47.6 Å². The Hall–Kier alpha value is -1.74. The first-order valence-corrected chi connectivity index (χ1v) is 7.59. The smallest absolute Gasteiger partial charge is 0.159 e. The third-order valence-corrected chi connectivity index (χ3v) is 4.65. The average molecular weight is 284 g/mol. The second-order valence-electron chi connectivity index (χ2n) is 5.95. The van der Waals surface area contributed by atoms with Crippen LogP contribution in [-0.2, 0) is 14.3 Å². The van der Waals surface area contributed by atoms with Crippen molar-refractivity contribution in [3.63, 3.8) is 0 Å². The summed E-state index contributed by atoms with van der Waals surface area (Å²) in [5.74, 6) is 0.284. The molecule has 1 fully saturated rings. The van der Waals surface area contributed by atoms with Gasteiger partial charge in [0.05, 0.1) is 12.7 Å². The van der Waals surface area contributed by atoms with Crippen molar-refractivity contribution in [3.8, 4) is 0 Å². The largest absolute Gasteiger partial charge is 0.377 e. The molecule has 1 saturated heterocycles. The SMILES string of the molecule is CCC1CC(C2=CCC(=O)C=C2)(C2=CCC(=O)C=C2)CO1. The van der Waals surface area contributed by atoms with Crippen molar-refractivity contribution in [2.75, 3.05) is 6.61 Å². The van der Waals surface area contributed by atoms with E-state index >= 15 is 0 Å². The number of allylic oxidation sites excluding steroid dienone is 6. The number of hydrogen-bond acceptors (Lipinski definition) is 3. The van der Waals surface area contributed by atoms with Crippen molar-refractivity contribution >= 4 is 11.6 Å². The molecule has 3 rings (SSSR count). The zero-order chi connectivity index (χ0) is 14.9. The summed E-state index contributed by atoms with van der Waals surface area (Å²) in [6, 6.07) is 0. The van der Waals surface area contributed by atoms with Gasteiger partial charge in [0.15, 0.2) is 11.6 Å². The Morgan fingerprint density at radius 3 is 2.00 bits per heavy atom. The lowest BCUT2D eigenvalue weighted by Crippen LogP contribution is -2.28. The molecule has 3 nitrogen and oxygen atoms in total. The van der Waals surface area contributed by atoms with Crippen LogP contribution in [0.1, 0.15) is 32.6 Å². The van der Waals surface area contributed by atoms with Gasteiger partial charge in [-0.1, -0.05) is 31.2 Å². The number of ether oxygens (including phenoxy) is 1. The molecule has 1 aliphatic heterocycles. The molecule has 1 heterocycles. The van der Waals surface area contributed by atoms with E-state index in [0.29, 0.717) is 19.4 Å². The normalized spacial score (nSPS) is 27.8. The quantitative estimate of drug-likeness (QED) is 0.800. The first-order chi connectivity index (χ1) is 10.1. The average Bonchev–Trinajstić information content (AvgIpc) is 2.94. The monoisotopic (exact) mass is 284 g/mol. The molecule has 0 saturated carbocycles. The van der Waals surface area contributed by atoms with Gasteiger partial charge in [-0.2, -0.15) is 0 Å². The van der Waals surface area contributed by atoms with Gasteiger partial charge in [0, 0.05) is 18.3 Å². The zero-order valence-electron chi connectivity index (χ0n) is 12.3. The maximum atomic E-state index is 11.4. The van der Waals surface area contributed by atoms with Crippen molar-refractivity contribution < 1.29 is 14.3 Å². The van der Waals surface area contributed by atoms with Gasteiger partial charge in [-0.05, 0) is 36.1 Å². The highest BCUT2D eigenvalue weighted by atomic mass is 16.5. The van der Waals surface area contributed by atoms with E-state index in [1.165, 1.54) is 0 Å². The topological polar surface area (TPSA) is 43.4 Å². The fraction of sp³-hybridized carbons (Fsp3) is 0.444. The molecule has 0 bridgehead atoms. The Labute approximate surface area is 125 Å². The van der Waals surface area contributed by atoms with Crippen molar-refractivity contribution in [1.82, 2.24) is 0 Å². The maximum absolute atomic E-state index is 11.4. The van der Waals surface area contributed by atoms with Crippen molar-refractivity contribution in [2.24, 2.45) is 5.41 Å². The summed E-state index contributed by atoms with van der Waals surface area (Å²) in [6.07, 6.45) is 14.3. The molecule has 0 spiro atoms. The lowest BCUT2D eigenvalue weighted by molar-refractivity contribution is -0.114. The van der Waals surface area contributed by atoms with Crippen LogP contribution in [0.3, 0.4) is 0 Å². The molecule has 0 amide bonds. The summed E-state index contributed by atoms with van der Waals surface area (Å²) in [4.78, 5) is 22.9. The number of carbonyl (C=O) groups is 2. The van der Waals surface area contributed by atoms with E-state index in [1.807, 2.05) is 24.3 Å². The zero-order valence-corrected chi connectivity index (χ0v) is 12.3. The fourth-order valence-corrected chi connectivity index (χ4v) is 3.37. The molecule has 0 aromatic heterocycles. The van der Waals surface area contributed by atoms with Crippen molar-refractivity contribution in [2.45, 2.75) is 38.7 Å². The van der Waals surface area contributed by atoms with Gasteiger partial charge < -0.3 is 4.74 Å². The third-order valence-electron chi connectivity index (χ3n) is 4.65. The third kappa shape index (κ3) is 2.58. The standard InChI is InChI=1S/C18H20O3/c1-2-17-11-18(12-21-17,13-3-7-15(19)8-4-13)14-5-9-16(20)10-6-14/h3-7,9,17H,2,8,10-12H2,1H3. The maximum Gasteiger partial charge on any atom is 0.159 e. The van der Waals surface area contributed by atoms with Gasteiger partial charge in [-0.25, -0.2) is 0 Å². The summed E-state index contributed by atoms with van der Waals surface area (Å²) in [5.41, 5.74) is 2.11. The molecule has 2 aliphatic carbocycles. The van der Waals surface area contributed by atoms with Crippen molar-refractivity contribution in [3.05, 3.63) is 47.6 Å². The molecule has 0 N–H and O–H groups in total. The Kier molecular flexibility index (Phi) is 3.77. The highest BCUT2D eigenvalue weighted by Gasteiger charge is 2.44. The minimum atomic E-state index is -0.199. The molecule has 3 heteroatoms. The highest BCUT2D eigenvalue weighted by Crippen LogP contribution is 2.48. The summed E-state index contributed by atoms with van der Waals surface area (Å²) < 4.78 is 5.96. The summed E-state index contributed by atoms with van der Waals surface area (Å²) in [7, 11) is 0. The number of ketones is 2. The van der Waals surface area contributed by atoms with E-state index < -0.39 is 0 Å². The van der Waals surface area contributed by atoms with Gasteiger partial charge in [0.1, 0.15) is 0 Å². The predicted octanol–water partition coefficient (Wildman–Crippen LogP) is 3.08. The lowest BCUT2D eigenvalue weighted by atomic mass is 9.69. The van der Waals surface area contributed by atoms with Crippen LogP contribution in [0.4, 0.5) is 0 Å². The first kappa shape index (κ1) is 14.2. The van der Waals surface area contributed by atoms with Gasteiger partial charge >= 0.3 is 0 Å². The second kappa shape index (κ2) is 5.57. The minimum absolute atomic E-state index is 0.142. The Morgan fingerprint density at radius 1 is 1.05 bits per heavy atom. The molecular formula is C18H20O3. The van der Waals surface area contributed by atoms with E-state index in [0.717, 1.165) is 24.0 Å². The molecule has 0 radical (unpaired) electrons. The Morgan fingerprint density at radius 2 is 1.62 bits per heavy atom. The molecule has 1 unspecified atom stereocenters. The lowest BCUT2D eigenvalue weighted by Gasteiger charge is -2.33. The summed E-state index contributed by atoms with van der Waals surface area (Å²) >= 11 is 0. The van der Waals surface area contributed by atoms with E-state index in [9.17, 15) is 9.59 Å². The van der Waals surface area contributed by atoms with E-state index in [1.54, 1.807) is 12.2 Å². The van der Waals surface area contributed by atoms with Crippen LogP contribution in [0, 0.1) is 5.41 Å². The van der Waals surface area contributed by atoms with Crippen LogP contribution in [0.25, 0.3) is 0 Å². The fourth-order valence-electron chi connectivity index (χ4n) is 3.37. The summed E-state index contributed by atoms with van der Waals surface area (Å²) in [5, 5.41) is 0. The molecule has 1 atom stereocenters. The van der Waals surface area contributed by atoms with Crippen molar-refractivity contribution in [1.29, 1.82) is 0 Å². The van der Waals surface area contributed by atoms with Crippen LogP contribution in [0.2, 0.25) is 0 Å². The van der Waals surface area contributed by atoms with Crippen LogP contribution in [0.5, 0.6) is 0 Å². The van der Waals surface area contributed by atoms with Gasteiger partial charge in [-0.15, -0.1) is 0 Å². The Bertz CT molecular complexity index is 548. The molecule has 0 aromatic rings. The summed E-state index contributed by atoms with van der Waals surface area (Å²) in [6.45, 7) is 2.75. The van der Waals surface area contributed by atoms with E-state index in [4.69, 9.17) is 4.74 Å². The minimum Gasteiger partial charge on any atom is -0.377 e. The molecular weight excluding hydrogens is 264 g/mol. The van der Waals surface area contributed by atoms with E-state index in [-0.39, 0.29) is 23.1 Å². The van der Waals surface area contributed by atoms with Gasteiger partial charge in [0.2, 0.25) is 0 Å². The molecule has 21 heavy (non-hydrogen) atoms. The van der Waals surface area contributed by atoms with E-state index in [2.05, 4.69) is 6.92 Å². The van der Waals surface area contributed by atoms with Gasteiger partial charge in [0.25, 0.3) is 0 Å². The van der Waals surface area contributed by atoms with Crippen LogP contribution < -0.4 is 0 Å². The van der Waals surface area contributed by atoms with Crippen LogP contribution >= 0.6 is 0 Å². The number of carbonyl (C=O) groups excluding carboxylic acids is 2.